The number of aromatic hydroxyl groups is 2. The molecule has 2 aromatic carbocycles. The van der Waals surface area contributed by atoms with Gasteiger partial charge in [0.05, 0.1) is 36.4 Å². The maximum absolute atomic E-state index is 12.9. The zero-order chi connectivity index (χ0) is 26.9. The predicted octanol–water partition coefficient (Wildman–Crippen LogP) is 2.27. The minimum absolute atomic E-state index is 0.0254. The summed E-state index contributed by atoms with van der Waals surface area (Å²) >= 11 is 0. The predicted molar refractivity (Wildman–Crippen MR) is 142 cm³/mol. The maximum atomic E-state index is 12.9. The molecule has 198 valence electrons. The van der Waals surface area contributed by atoms with Crippen molar-refractivity contribution in [3.8, 4) is 11.5 Å². The number of hydrogen-bond acceptors (Lipinski definition) is 8. The van der Waals surface area contributed by atoms with E-state index in [1.54, 1.807) is 44.2 Å². The summed E-state index contributed by atoms with van der Waals surface area (Å²) < 4.78 is 5.00. The molecule has 0 saturated carbocycles. The number of likely N-dealkylation sites (tertiary alicyclic amines) is 1. The molecule has 0 atom stereocenters. The van der Waals surface area contributed by atoms with Gasteiger partial charge < -0.3 is 35.8 Å². The number of nitrogens with two attached hydrogens (primary N) is 1. The van der Waals surface area contributed by atoms with Gasteiger partial charge in [-0.1, -0.05) is 12.1 Å². The molecule has 0 aromatic heterocycles. The third kappa shape index (κ3) is 7.60. The van der Waals surface area contributed by atoms with Crippen LogP contribution < -0.4 is 16.0 Å². The van der Waals surface area contributed by atoms with Crippen LogP contribution >= 0.6 is 0 Å². The Morgan fingerprint density at radius 2 is 1.86 bits per heavy atom. The smallest absolute Gasteiger partial charge is 0.325 e. The van der Waals surface area contributed by atoms with E-state index in [0.29, 0.717) is 22.9 Å². The van der Waals surface area contributed by atoms with Crippen LogP contribution in [0.4, 0.5) is 11.4 Å². The molecule has 6 N–H and O–H groups in total. The Kier molecular flexibility index (Phi) is 9.31. The average Bonchev–Trinajstić information content (AvgIpc) is 2.85. The zero-order valence-electron chi connectivity index (χ0n) is 21.1. The molecule has 11 nitrogen and oxygen atoms in total. The first-order valence-corrected chi connectivity index (χ1v) is 12.1. The quantitative estimate of drug-likeness (QED) is 0.148. The SMILES string of the molecule is CCOC(=O)CN(CC(=O)Nc1cc(C(N)=NC2CCN(C(C)=N)CC2)ccc1O)c1ccccc1O. The molecule has 1 fully saturated rings. The van der Waals surface area contributed by atoms with Gasteiger partial charge in [-0.2, -0.15) is 0 Å². The lowest BCUT2D eigenvalue weighted by molar-refractivity contribution is -0.141. The number of nitrogens with zero attached hydrogens (tertiary/aromatic N) is 3. The molecular formula is C26H34N6O5. The standard InChI is InChI=1S/C26H34N6O5/c1-3-37-25(36)16-32(21-6-4-5-7-23(21)34)15-24(35)30-20-14-18(8-9-22(20)33)26(28)29-19-10-12-31(13-11-19)17(2)27/h4-9,14,19,27,33-34H,3,10-13,15-16H2,1-2H3,(H2,28,29)(H,30,35). The number of amidine groups is 2. The Balaban J connectivity index is 1.72. The third-order valence-electron chi connectivity index (χ3n) is 6.01. The summed E-state index contributed by atoms with van der Waals surface area (Å²) in [5.74, 6) is -0.482. The molecule has 1 heterocycles. The molecule has 0 spiro atoms. The number of amides is 1. The van der Waals surface area contributed by atoms with Crippen LogP contribution in [0.2, 0.25) is 0 Å². The van der Waals surface area contributed by atoms with Gasteiger partial charge in [-0.25, -0.2) is 0 Å². The summed E-state index contributed by atoms with van der Waals surface area (Å²) in [6.07, 6.45) is 1.56. The number of nitrogens with one attached hydrogen (secondary N) is 2. The van der Waals surface area contributed by atoms with Gasteiger partial charge in [0.1, 0.15) is 23.9 Å². The van der Waals surface area contributed by atoms with Gasteiger partial charge in [0.2, 0.25) is 5.91 Å². The van der Waals surface area contributed by atoms with Crippen molar-refractivity contribution in [1.29, 1.82) is 5.41 Å². The molecule has 3 rings (SSSR count). The Morgan fingerprint density at radius 3 is 2.51 bits per heavy atom. The number of ether oxygens (including phenoxy) is 1. The highest BCUT2D eigenvalue weighted by atomic mass is 16.5. The molecule has 2 aromatic rings. The summed E-state index contributed by atoms with van der Waals surface area (Å²) in [5, 5.41) is 31.0. The zero-order valence-corrected chi connectivity index (χ0v) is 21.1. The van der Waals surface area contributed by atoms with Crippen LogP contribution in [-0.4, -0.2) is 77.5 Å². The Bertz CT molecular complexity index is 1160. The number of para-hydroxylation sites is 2. The average molecular weight is 511 g/mol. The van der Waals surface area contributed by atoms with Crippen molar-refractivity contribution in [2.75, 3.05) is 43.0 Å². The highest BCUT2D eigenvalue weighted by Gasteiger charge is 2.21. The van der Waals surface area contributed by atoms with Gasteiger partial charge in [-0.3, -0.25) is 20.0 Å². The second-order valence-corrected chi connectivity index (χ2v) is 8.75. The van der Waals surface area contributed by atoms with Gasteiger partial charge in [-0.05, 0) is 57.0 Å². The Hall–Kier alpha value is -4.28. The number of piperidine rings is 1. The van der Waals surface area contributed by atoms with E-state index in [-0.39, 0.29) is 42.9 Å². The molecule has 0 aliphatic carbocycles. The fraction of sp³-hybridized carbons (Fsp3) is 0.385. The van der Waals surface area contributed by atoms with Crippen molar-refractivity contribution in [1.82, 2.24) is 4.90 Å². The van der Waals surface area contributed by atoms with Gasteiger partial charge in [0.15, 0.2) is 0 Å². The summed E-state index contributed by atoms with van der Waals surface area (Å²) in [6.45, 7) is 4.59. The first-order valence-electron chi connectivity index (χ1n) is 12.1. The maximum Gasteiger partial charge on any atom is 0.325 e. The monoisotopic (exact) mass is 510 g/mol. The number of phenols is 2. The van der Waals surface area contributed by atoms with Crippen LogP contribution in [0, 0.1) is 5.41 Å². The second-order valence-electron chi connectivity index (χ2n) is 8.75. The van der Waals surface area contributed by atoms with E-state index < -0.39 is 11.9 Å². The van der Waals surface area contributed by atoms with Crippen molar-refractivity contribution in [2.24, 2.45) is 10.7 Å². The van der Waals surface area contributed by atoms with Crippen molar-refractivity contribution >= 4 is 34.9 Å². The lowest BCUT2D eigenvalue weighted by Crippen LogP contribution is -2.38. The van der Waals surface area contributed by atoms with E-state index in [0.717, 1.165) is 25.9 Å². The van der Waals surface area contributed by atoms with Crippen LogP contribution in [0.5, 0.6) is 11.5 Å². The van der Waals surface area contributed by atoms with Crippen molar-refractivity contribution in [2.45, 2.75) is 32.7 Å². The highest BCUT2D eigenvalue weighted by molar-refractivity contribution is 6.01. The number of phenolic OH excluding ortho intramolecular Hbond substituents is 2. The molecule has 1 aliphatic heterocycles. The third-order valence-corrected chi connectivity index (χ3v) is 6.01. The molecule has 1 saturated heterocycles. The summed E-state index contributed by atoms with van der Waals surface area (Å²) in [4.78, 5) is 33.0. The molecule has 0 unspecified atom stereocenters. The van der Waals surface area contributed by atoms with Crippen molar-refractivity contribution in [3.63, 3.8) is 0 Å². The van der Waals surface area contributed by atoms with Crippen molar-refractivity contribution < 1.29 is 24.5 Å². The topological polar surface area (TPSA) is 165 Å². The van der Waals surface area contributed by atoms with Gasteiger partial charge in [-0.15, -0.1) is 0 Å². The molecule has 0 bridgehead atoms. The molecule has 1 amide bonds. The van der Waals surface area contributed by atoms with E-state index in [1.807, 2.05) is 4.90 Å². The number of aliphatic imine (C=N–C) groups is 1. The highest BCUT2D eigenvalue weighted by Crippen LogP contribution is 2.28. The van der Waals surface area contributed by atoms with E-state index in [9.17, 15) is 19.8 Å². The fourth-order valence-electron chi connectivity index (χ4n) is 4.08. The Morgan fingerprint density at radius 1 is 1.16 bits per heavy atom. The van der Waals surface area contributed by atoms with E-state index in [4.69, 9.17) is 15.9 Å². The number of esters is 1. The minimum atomic E-state index is -0.547. The number of benzene rings is 2. The lowest BCUT2D eigenvalue weighted by atomic mass is 10.1. The van der Waals surface area contributed by atoms with Crippen LogP contribution in [-0.2, 0) is 14.3 Å². The second kappa shape index (κ2) is 12.6. The first-order chi connectivity index (χ1) is 17.7. The van der Waals surface area contributed by atoms with E-state index in [2.05, 4.69) is 10.3 Å². The lowest BCUT2D eigenvalue weighted by Gasteiger charge is -2.31. The fourth-order valence-corrected chi connectivity index (χ4v) is 4.08. The molecule has 0 radical (unpaired) electrons. The number of carbonyl (C=O) groups excluding carboxylic acids is 2. The summed E-state index contributed by atoms with van der Waals surface area (Å²) in [5.41, 5.74) is 7.22. The van der Waals surface area contributed by atoms with Gasteiger partial charge >= 0.3 is 5.97 Å². The summed E-state index contributed by atoms with van der Waals surface area (Å²) in [7, 11) is 0. The Labute approximate surface area is 216 Å². The molecule has 1 aliphatic rings. The van der Waals surface area contributed by atoms with Crippen LogP contribution in [0.1, 0.15) is 32.3 Å². The molecular weight excluding hydrogens is 476 g/mol. The van der Waals surface area contributed by atoms with Crippen LogP contribution in [0.25, 0.3) is 0 Å². The summed E-state index contributed by atoms with van der Waals surface area (Å²) in [6, 6.07) is 11.0. The number of rotatable bonds is 9. The molecule has 11 heteroatoms. The van der Waals surface area contributed by atoms with E-state index in [1.165, 1.54) is 17.0 Å². The number of hydrogen-bond donors (Lipinski definition) is 5. The normalized spacial score (nSPS) is 14.2. The first kappa shape index (κ1) is 27.3. The number of carbonyl (C=O) groups is 2. The minimum Gasteiger partial charge on any atom is -0.506 e. The van der Waals surface area contributed by atoms with Crippen LogP contribution in [0.15, 0.2) is 47.5 Å². The number of anilines is 2. The van der Waals surface area contributed by atoms with E-state index >= 15 is 0 Å². The van der Waals surface area contributed by atoms with Crippen LogP contribution in [0.3, 0.4) is 0 Å². The largest absolute Gasteiger partial charge is 0.506 e. The van der Waals surface area contributed by atoms with Crippen molar-refractivity contribution in [3.05, 3.63) is 48.0 Å². The van der Waals surface area contributed by atoms with Gasteiger partial charge in [0.25, 0.3) is 0 Å². The van der Waals surface area contributed by atoms with Gasteiger partial charge in [0, 0.05) is 18.7 Å². The molecule has 37 heavy (non-hydrogen) atoms.